The summed E-state index contributed by atoms with van der Waals surface area (Å²) in [6.07, 6.45) is 0.938. The zero-order chi connectivity index (χ0) is 18.2. The number of carbonyl (C=O) groups is 1. The van der Waals surface area contributed by atoms with E-state index in [0.717, 1.165) is 11.3 Å². The number of nitrogens with one attached hydrogen (secondary N) is 1. The molecule has 2 rings (SSSR count). The van der Waals surface area contributed by atoms with Crippen molar-refractivity contribution in [3.63, 3.8) is 0 Å². The molecule has 0 fully saturated rings. The van der Waals surface area contributed by atoms with Gasteiger partial charge in [-0.1, -0.05) is 11.6 Å². The second-order valence-corrected chi connectivity index (χ2v) is 5.91. The minimum atomic E-state index is -0.108. The Hall–Kier alpha value is -2.40. The van der Waals surface area contributed by atoms with Crippen LogP contribution in [0.5, 0.6) is 17.2 Å². The number of hydrogen-bond acceptors (Lipinski definition) is 4. The van der Waals surface area contributed by atoms with Gasteiger partial charge in [0.25, 0.3) is 0 Å². The van der Waals surface area contributed by atoms with E-state index in [1.165, 1.54) is 0 Å². The Morgan fingerprint density at radius 2 is 1.84 bits per heavy atom. The fraction of sp³-hybridized carbons (Fsp3) is 0.316. The number of ether oxygens (including phenoxy) is 3. The average molecular weight is 364 g/mol. The van der Waals surface area contributed by atoms with Gasteiger partial charge in [0.1, 0.15) is 17.2 Å². The predicted octanol–water partition coefficient (Wildman–Crippen LogP) is 4.46. The van der Waals surface area contributed by atoms with Crippen molar-refractivity contribution in [1.82, 2.24) is 0 Å². The van der Waals surface area contributed by atoms with Gasteiger partial charge in [-0.05, 0) is 49.2 Å². The van der Waals surface area contributed by atoms with Crippen molar-refractivity contribution in [2.24, 2.45) is 0 Å². The molecule has 0 saturated heterocycles. The number of anilines is 1. The fourth-order valence-electron chi connectivity index (χ4n) is 2.31. The molecule has 0 radical (unpaired) electrons. The predicted molar refractivity (Wildman–Crippen MR) is 99.1 cm³/mol. The molecule has 0 atom stereocenters. The Morgan fingerprint density at radius 1 is 1.08 bits per heavy atom. The Bertz CT molecular complexity index is 733. The second-order valence-electron chi connectivity index (χ2n) is 5.48. The zero-order valence-corrected chi connectivity index (χ0v) is 15.4. The summed E-state index contributed by atoms with van der Waals surface area (Å²) < 4.78 is 16.1. The van der Waals surface area contributed by atoms with Crippen LogP contribution in [0.25, 0.3) is 0 Å². The minimum absolute atomic E-state index is 0.108. The van der Waals surface area contributed by atoms with E-state index in [1.54, 1.807) is 38.5 Å². The average Bonchev–Trinajstić information content (AvgIpc) is 2.60. The van der Waals surface area contributed by atoms with Crippen LogP contribution in [-0.4, -0.2) is 26.7 Å². The highest BCUT2D eigenvalue weighted by atomic mass is 35.5. The van der Waals surface area contributed by atoms with E-state index in [2.05, 4.69) is 5.32 Å². The van der Waals surface area contributed by atoms with Crippen molar-refractivity contribution < 1.29 is 19.0 Å². The molecule has 2 aromatic rings. The number of amides is 1. The molecular weight excluding hydrogens is 342 g/mol. The molecular formula is C19H22ClNO4. The maximum Gasteiger partial charge on any atom is 0.224 e. The summed E-state index contributed by atoms with van der Waals surface area (Å²) in [5, 5.41) is 3.51. The first-order valence-electron chi connectivity index (χ1n) is 7.94. The van der Waals surface area contributed by atoms with Gasteiger partial charge >= 0.3 is 0 Å². The third-order valence-electron chi connectivity index (χ3n) is 3.62. The first-order valence-corrected chi connectivity index (χ1v) is 8.32. The summed E-state index contributed by atoms with van der Waals surface area (Å²) in [6.45, 7) is 2.38. The lowest BCUT2D eigenvalue weighted by Gasteiger charge is -2.12. The number of hydrogen-bond donors (Lipinski definition) is 1. The van der Waals surface area contributed by atoms with Gasteiger partial charge in [0, 0.05) is 17.5 Å². The van der Waals surface area contributed by atoms with Crippen LogP contribution in [-0.2, 0) is 4.79 Å². The molecule has 0 bridgehead atoms. The smallest absolute Gasteiger partial charge is 0.224 e. The summed E-state index contributed by atoms with van der Waals surface area (Å²) in [4.78, 5) is 12.1. The summed E-state index contributed by atoms with van der Waals surface area (Å²) in [5.41, 5.74) is 1.55. The van der Waals surface area contributed by atoms with Crippen molar-refractivity contribution in [3.05, 3.63) is 47.0 Å². The summed E-state index contributed by atoms with van der Waals surface area (Å²) >= 11 is 5.92. The zero-order valence-electron chi connectivity index (χ0n) is 14.6. The molecule has 0 aromatic heterocycles. The third-order valence-corrected chi connectivity index (χ3v) is 3.86. The van der Waals surface area contributed by atoms with Gasteiger partial charge in [-0.3, -0.25) is 4.79 Å². The summed E-state index contributed by atoms with van der Waals surface area (Å²) in [5.74, 6) is 1.90. The number of carbonyl (C=O) groups excluding carboxylic acids is 1. The molecule has 134 valence electrons. The molecule has 5 nitrogen and oxygen atoms in total. The van der Waals surface area contributed by atoms with Crippen molar-refractivity contribution in [1.29, 1.82) is 0 Å². The molecule has 0 saturated carbocycles. The lowest BCUT2D eigenvalue weighted by atomic mass is 10.2. The molecule has 0 spiro atoms. The molecule has 25 heavy (non-hydrogen) atoms. The van der Waals surface area contributed by atoms with E-state index in [0.29, 0.717) is 41.7 Å². The fourth-order valence-corrected chi connectivity index (χ4v) is 2.54. The third kappa shape index (κ3) is 5.57. The Morgan fingerprint density at radius 3 is 2.52 bits per heavy atom. The Labute approximate surface area is 152 Å². The maximum atomic E-state index is 12.1. The largest absolute Gasteiger partial charge is 0.497 e. The number of methoxy groups -OCH3 is 2. The number of aryl methyl sites for hydroxylation is 1. The normalized spacial score (nSPS) is 10.2. The van der Waals surface area contributed by atoms with Crippen LogP contribution in [0.1, 0.15) is 18.4 Å². The van der Waals surface area contributed by atoms with Crippen LogP contribution in [0.15, 0.2) is 36.4 Å². The van der Waals surface area contributed by atoms with Gasteiger partial charge < -0.3 is 19.5 Å². The first-order chi connectivity index (χ1) is 12.0. The van der Waals surface area contributed by atoms with Crippen LogP contribution in [0.3, 0.4) is 0 Å². The first kappa shape index (κ1) is 18.9. The van der Waals surface area contributed by atoms with Crippen LogP contribution >= 0.6 is 11.6 Å². The lowest BCUT2D eigenvalue weighted by molar-refractivity contribution is -0.116. The highest BCUT2D eigenvalue weighted by Gasteiger charge is 2.09. The van der Waals surface area contributed by atoms with Crippen molar-refractivity contribution in [2.45, 2.75) is 19.8 Å². The van der Waals surface area contributed by atoms with Crippen LogP contribution in [0.2, 0.25) is 5.02 Å². The molecule has 0 unspecified atom stereocenters. The molecule has 0 aliphatic carbocycles. The monoisotopic (exact) mass is 363 g/mol. The summed E-state index contributed by atoms with van der Waals surface area (Å²) in [7, 11) is 3.13. The van der Waals surface area contributed by atoms with Crippen molar-refractivity contribution in [2.75, 3.05) is 26.1 Å². The van der Waals surface area contributed by atoms with Gasteiger partial charge in [0.05, 0.1) is 26.5 Å². The number of rotatable bonds is 8. The molecule has 1 amide bonds. The Kier molecular flexibility index (Phi) is 6.95. The number of benzene rings is 2. The van der Waals surface area contributed by atoms with Crippen LogP contribution in [0, 0.1) is 6.92 Å². The summed E-state index contributed by atoms with van der Waals surface area (Å²) in [6, 6.07) is 10.7. The highest BCUT2D eigenvalue weighted by Crippen LogP contribution is 2.29. The van der Waals surface area contributed by atoms with E-state index in [-0.39, 0.29) is 5.91 Å². The Balaban J connectivity index is 1.83. The van der Waals surface area contributed by atoms with E-state index in [1.807, 2.05) is 19.1 Å². The van der Waals surface area contributed by atoms with Crippen LogP contribution in [0.4, 0.5) is 5.69 Å². The SMILES string of the molecule is COc1ccc(OC)c(NC(=O)CCCOc2ccc(Cl)cc2C)c1. The molecule has 0 aliphatic heterocycles. The van der Waals surface area contributed by atoms with E-state index in [4.69, 9.17) is 25.8 Å². The maximum absolute atomic E-state index is 12.1. The molecule has 6 heteroatoms. The minimum Gasteiger partial charge on any atom is -0.497 e. The lowest BCUT2D eigenvalue weighted by Crippen LogP contribution is -2.13. The van der Waals surface area contributed by atoms with Crippen LogP contribution < -0.4 is 19.5 Å². The van der Waals surface area contributed by atoms with Gasteiger partial charge in [0.15, 0.2) is 0 Å². The topological polar surface area (TPSA) is 56.8 Å². The standard InChI is InChI=1S/C19H22ClNO4/c1-13-11-14(20)6-8-17(13)25-10-4-5-19(22)21-16-12-15(23-2)7-9-18(16)24-3/h6-9,11-12H,4-5,10H2,1-3H3,(H,21,22). The van der Waals surface area contributed by atoms with E-state index in [9.17, 15) is 4.79 Å². The van der Waals surface area contributed by atoms with Crippen molar-refractivity contribution >= 4 is 23.2 Å². The number of halogens is 1. The molecule has 2 aromatic carbocycles. The molecule has 0 heterocycles. The van der Waals surface area contributed by atoms with E-state index < -0.39 is 0 Å². The van der Waals surface area contributed by atoms with Gasteiger partial charge in [-0.15, -0.1) is 0 Å². The highest BCUT2D eigenvalue weighted by molar-refractivity contribution is 6.30. The van der Waals surface area contributed by atoms with E-state index >= 15 is 0 Å². The quantitative estimate of drug-likeness (QED) is 0.703. The second kappa shape index (κ2) is 9.18. The van der Waals surface area contributed by atoms with Gasteiger partial charge in [-0.25, -0.2) is 0 Å². The molecule has 0 aliphatic rings. The van der Waals surface area contributed by atoms with Crippen molar-refractivity contribution in [3.8, 4) is 17.2 Å². The molecule has 1 N–H and O–H groups in total. The van der Waals surface area contributed by atoms with Gasteiger partial charge in [0.2, 0.25) is 5.91 Å². The van der Waals surface area contributed by atoms with Gasteiger partial charge in [-0.2, -0.15) is 0 Å².